The fraction of sp³-hybridized carbons (Fsp3) is 0.235. The van der Waals surface area contributed by atoms with Gasteiger partial charge in [0.25, 0.3) is 0 Å². The van der Waals surface area contributed by atoms with Gasteiger partial charge in [0.2, 0.25) is 0 Å². The van der Waals surface area contributed by atoms with Crippen LogP contribution in [0.25, 0.3) is 0 Å². The molecule has 20 heavy (non-hydrogen) atoms. The maximum Gasteiger partial charge on any atom is 0.196 e. The highest BCUT2D eigenvalue weighted by atomic mass is 19.1. The molecule has 104 valence electrons. The Labute approximate surface area is 118 Å². The molecule has 2 aromatic rings. The van der Waals surface area contributed by atoms with Crippen LogP contribution >= 0.6 is 0 Å². The topological polar surface area (TPSA) is 26.3 Å². The number of carbonyl (C=O) groups is 1. The third kappa shape index (κ3) is 3.11. The van der Waals surface area contributed by atoms with Crippen LogP contribution in [0.1, 0.15) is 34.5 Å². The van der Waals surface area contributed by atoms with Gasteiger partial charge < -0.3 is 4.74 Å². The lowest BCUT2D eigenvalue weighted by atomic mass is 9.98. The van der Waals surface area contributed by atoms with E-state index in [-0.39, 0.29) is 11.6 Å². The molecule has 0 spiro atoms. The van der Waals surface area contributed by atoms with Crippen LogP contribution in [0.4, 0.5) is 4.39 Å². The Morgan fingerprint density at radius 3 is 2.50 bits per heavy atom. The summed E-state index contributed by atoms with van der Waals surface area (Å²) in [6.45, 7) is 3.93. The van der Waals surface area contributed by atoms with E-state index < -0.39 is 6.10 Å². The fourth-order valence-electron chi connectivity index (χ4n) is 2.07. The van der Waals surface area contributed by atoms with Crippen molar-refractivity contribution in [2.24, 2.45) is 0 Å². The molecule has 1 atom stereocenters. The number of benzene rings is 2. The van der Waals surface area contributed by atoms with Gasteiger partial charge in [-0.1, -0.05) is 30.3 Å². The van der Waals surface area contributed by atoms with E-state index in [1.807, 2.05) is 37.3 Å². The molecule has 0 bridgehead atoms. The van der Waals surface area contributed by atoms with E-state index in [0.717, 1.165) is 5.56 Å². The van der Waals surface area contributed by atoms with Crippen LogP contribution in [0.15, 0.2) is 48.5 Å². The number of Topliss-reactive ketones (excluding diaryl/α,β-unsaturated/α-hetero) is 1. The highest BCUT2D eigenvalue weighted by Crippen LogP contribution is 2.23. The average molecular weight is 272 g/mol. The summed E-state index contributed by atoms with van der Waals surface area (Å²) in [5, 5.41) is 0. The molecule has 0 radical (unpaired) electrons. The first-order chi connectivity index (χ1) is 9.63. The summed E-state index contributed by atoms with van der Waals surface area (Å²) in [5.74, 6) is -0.463. The number of hydrogen-bond acceptors (Lipinski definition) is 2. The third-order valence-corrected chi connectivity index (χ3v) is 3.12. The van der Waals surface area contributed by atoms with Gasteiger partial charge in [-0.25, -0.2) is 4.39 Å². The van der Waals surface area contributed by atoms with E-state index in [2.05, 4.69) is 0 Å². The van der Waals surface area contributed by atoms with E-state index in [1.165, 1.54) is 12.1 Å². The van der Waals surface area contributed by atoms with Crippen molar-refractivity contribution in [3.8, 4) is 0 Å². The van der Waals surface area contributed by atoms with Crippen LogP contribution in [0, 0.1) is 12.7 Å². The lowest BCUT2D eigenvalue weighted by molar-refractivity contribution is 0.0452. The molecule has 0 saturated carbocycles. The molecule has 1 unspecified atom stereocenters. The second kappa shape index (κ2) is 6.44. The highest BCUT2D eigenvalue weighted by Gasteiger charge is 2.22. The molecule has 0 N–H and O–H groups in total. The second-order valence-electron chi connectivity index (χ2n) is 4.57. The van der Waals surface area contributed by atoms with E-state index in [9.17, 15) is 9.18 Å². The molecule has 0 aliphatic heterocycles. The van der Waals surface area contributed by atoms with Crippen LogP contribution in [-0.4, -0.2) is 12.4 Å². The smallest absolute Gasteiger partial charge is 0.196 e. The van der Waals surface area contributed by atoms with Crippen LogP contribution in [0.2, 0.25) is 0 Å². The Morgan fingerprint density at radius 1 is 1.20 bits per heavy atom. The predicted octanol–water partition coefficient (Wildman–Crippen LogP) is 4.09. The van der Waals surface area contributed by atoms with Crippen LogP contribution in [-0.2, 0) is 4.74 Å². The molecular weight excluding hydrogens is 255 g/mol. The second-order valence-corrected chi connectivity index (χ2v) is 4.57. The third-order valence-electron chi connectivity index (χ3n) is 3.12. The van der Waals surface area contributed by atoms with E-state index in [0.29, 0.717) is 17.7 Å². The summed E-state index contributed by atoms with van der Waals surface area (Å²) >= 11 is 0. The van der Waals surface area contributed by atoms with Gasteiger partial charge in [0.05, 0.1) is 0 Å². The molecule has 2 nitrogen and oxygen atoms in total. The molecule has 3 heteroatoms. The number of halogens is 1. The first-order valence-electron chi connectivity index (χ1n) is 6.60. The summed E-state index contributed by atoms with van der Waals surface area (Å²) in [4.78, 5) is 12.6. The SMILES string of the molecule is CCOC(C(=O)c1ccc(F)c(C)c1)c1ccccc1. The van der Waals surface area contributed by atoms with Gasteiger partial charge in [-0.2, -0.15) is 0 Å². The zero-order valence-corrected chi connectivity index (χ0v) is 11.6. The number of aryl methyl sites for hydroxylation is 1. The highest BCUT2D eigenvalue weighted by molar-refractivity contribution is 6.00. The molecule has 2 rings (SSSR count). The Hall–Kier alpha value is -2.00. The minimum atomic E-state index is -0.647. The van der Waals surface area contributed by atoms with E-state index in [1.54, 1.807) is 13.0 Å². The summed E-state index contributed by atoms with van der Waals surface area (Å²) in [6.07, 6.45) is -0.647. The van der Waals surface area contributed by atoms with Gasteiger partial charge >= 0.3 is 0 Å². The minimum Gasteiger partial charge on any atom is -0.366 e. The van der Waals surface area contributed by atoms with Crippen LogP contribution in [0.3, 0.4) is 0 Å². The quantitative estimate of drug-likeness (QED) is 0.766. The molecule has 2 aromatic carbocycles. The van der Waals surface area contributed by atoms with E-state index >= 15 is 0 Å². The summed E-state index contributed by atoms with van der Waals surface area (Å²) in [7, 11) is 0. The van der Waals surface area contributed by atoms with Crippen molar-refractivity contribution in [3.63, 3.8) is 0 Å². The summed E-state index contributed by atoms with van der Waals surface area (Å²) in [5.41, 5.74) is 1.73. The molecule has 0 heterocycles. The normalized spacial score (nSPS) is 12.2. The Kier molecular flexibility index (Phi) is 4.64. The number of hydrogen-bond donors (Lipinski definition) is 0. The van der Waals surface area contributed by atoms with Crippen LogP contribution < -0.4 is 0 Å². The molecule has 0 fully saturated rings. The number of carbonyl (C=O) groups excluding carboxylic acids is 1. The van der Waals surface area contributed by atoms with Crippen molar-refractivity contribution in [1.29, 1.82) is 0 Å². The van der Waals surface area contributed by atoms with Crippen molar-refractivity contribution in [1.82, 2.24) is 0 Å². The van der Waals surface area contributed by atoms with Gasteiger partial charge in [0, 0.05) is 12.2 Å². The maximum absolute atomic E-state index is 13.3. The molecule has 0 amide bonds. The fourth-order valence-corrected chi connectivity index (χ4v) is 2.07. The molecule has 0 aliphatic carbocycles. The summed E-state index contributed by atoms with van der Waals surface area (Å²) < 4.78 is 18.9. The largest absolute Gasteiger partial charge is 0.366 e. The van der Waals surface area contributed by atoms with Crippen molar-refractivity contribution >= 4 is 5.78 Å². The minimum absolute atomic E-state index is 0.152. The first-order valence-corrected chi connectivity index (χ1v) is 6.60. The lowest BCUT2D eigenvalue weighted by Gasteiger charge is -2.16. The Balaban J connectivity index is 2.34. The van der Waals surface area contributed by atoms with E-state index in [4.69, 9.17) is 4.74 Å². The molecule has 0 aliphatic rings. The van der Waals surface area contributed by atoms with Gasteiger partial charge in [0.15, 0.2) is 5.78 Å². The predicted molar refractivity (Wildman–Crippen MR) is 76.3 cm³/mol. The van der Waals surface area contributed by atoms with Gasteiger partial charge in [-0.05, 0) is 43.2 Å². The van der Waals surface area contributed by atoms with Crippen molar-refractivity contribution in [2.75, 3.05) is 6.61 Å². The van der Waals surface area contributed by atoms with Gasteiger partial charge in [-0.15, -0.1) is 0 Å². The maximum atomic E-state index is 13.3. The number of ether oxygens (including phenoxy) is 1. The van der Waals surface area contributed by atoms with Crippen LogP contribution in [0.5, 0.6) is 0 Å². The summed E-state index contributed by atoms with van der Waals surface area (Å²) in [6, 6.07) is 13.7. The average Bonchev–Trinajstić information content (AvgIpc) is 2.48. The Bertz CT molecular complexity index is 593. The van der Waals surface area contributed by atoms with Gasteiger partial charge in [-0.3, -0.25) is 4.79 Å². The molecule has 0 aromatic heterocycles. The molecule has 0 saturated heterocycles. The standard InChI is InChI=1S/C17H17FO2/c1-3-20-17(13-7-5-4-6-8-13)16(19)14-9-10-15(18)12(2)11-14/h4-11,17H,3H2,1-2H3. The number of ketones is 1. The van der Waals surface area contributed by atoms with Crippen molar-refractivity contribution in [3.05, 3.63) is 71.0 Å². The zero-order chi connectivity index (χ0) is 14.5. The van der Waals surface area contributed by atoms with Gasteiger partial charge in [0.1, 0.15) is 11.9 Å². The lowest BCUT2D eigenvalue weighted by Crippen LogP contribution is -2.16. The first kappa shape index (κ1) is 14.4. The Morgan fingerprint density at radius 2 is 1.90 bits per heavy atom. The zero-order valence-electron chi connectivity index (χ0n) is 11.6. The van der Waals surface area contributed by atoms with Crippen molar-refractivity contribution < 1.29 is 13.9 Å². The molecular formula is C17H17FO2. The monoisotopic (exact) mass is 272 g/mol. The van der Waals surface area contributed by atoms with Crippen molar-refractivity contribution in [2.45, 2.75) is 20.0 Å². The number of rotatable bonds is 5.